The summed E-state index contributed by atoms with van der Waals surface area (Å²) in [5.74, 6) is -0.262. The maximum absolute atomic E-state index is 13.4. The van der Waals surface area contributed by atoms with Gasteiger partial charge in [0.05, 0.1) is 18.4 Å². The number of nitrogens with zero attached hydrogens (tertiary/aromatic N) is 2. The van der Waals surface area contributed by atoms with Crippen molar-refractivity contribution in [3.63, 3.8) is 0 Å². The van der Waals surface area contributed by atoms with Gasteiger partial charge in [-0.3, -0.25) is 9.59 Å². The first-order valence-electron chi connectivity index (χ1n) is 12.1. The quantitative estimate of drug-likeness (QED) is 0.445. The first-order valence-corrected chi connectivity index (χ1v) is 12.1. The average molecular weight is 486 g/mol. The largest absolute Gasteiger partial charge is 0.399 e. The van der Waals surface area contributed by atoms with Crippen molar-refractivity contribution in [3.8, 4) is 11.1 Å². The number of amides is 2. The third-order valence-corrected chi connectivity index (χ3v) is 6.37. The van der Waals surface area contributed by atoms with Crippen LogP contribution in [0.1, 0.15) is 41.3 Å². The first kappa shape index (κ1) is 25.1. The van der Waals surface area contributed by atoms with Crippen LogP contribution in [0, 0.1) is 0 Å². The molecule has 2 N–H and O–H groups in total. The van der Waals surface area contributed by atoms with Crippen LogP contribution in [0.25, 0.3) is 11.1 Å². The molecule has 2 amide bonds. The summed E-state index contributed by atoms with van der Waals surface area (Å²) in [6.45, 7) is 0.506. The number of benzene rings is 3. The molecule has 0 aromatic heterocycles. The molecule has 186 valence electrons. The highest BCUT2D eigenvalue weighted by atomic mass is 16.6. The Kier molecular flexibility index (Phi) is 8.47. The number of likely N-dealkylation sites (tertiary alicyclic amines) is 1. The van der Waals surface area contributed by atoms with Crippen LogP contribution in [0.4, 0.5) is 0 Å². The van der Waals surface area contributed by atoms with Crippen LogP contribution in [0.3, 0.4) is 0 Å². The number of aliphatic hydroxyl groups excluding tert-OH is 1. The Morgan fingerprint density at radius 1 is 1.00 bits per heavy atom. The zero-order valence-corrected chi connectivity index (χ0v) is 20.3. The van der Waals surface area contributed by atoms with E-state index in [4.69, 9.17) is 4.84 Å². The van der Waals surface area contributed by atoms with E-state index in [0.29, 0.717) is 24.9 Å². The highest BCUT2D eigenvalue weighted by molar-refractivity contribution is 6.00. The van der Waals surface area contributed by atoms with E-state index in [9.17, 15) is 14.7 Å². The van der Waals surface area contributed by atoms with Gasteiger partial charge in [0.15, 0.2) is 0 Å². The molecule has 0 aliphatic carbocycles. The third kappa shape index (κ3) is 6.37. The minimum atomic E-state index is -0.765. The van der Waals surface area contributed by atoms with Gasteiger partial charge in [-0.05, 0) is 35.2 Å². The van der Waals surface area contributed by atoms with Gasteiger partial charge in [-0.1, -0.05) is 78.0 Å². The van der Waals surface area contributed by atoms with Gasteiger partial charge < -0.3 is 20.2 Å². The molecule has 1 heterocycles. The SMILES string of the molecule is CO/N=C1/C[C@@H](CCC(=O)NC[C@@H](O)c2ccccc2)N(C(=O)c2ccc(-c3ccccc3)cc2)C1. The lowest BCUT2D eigenvalue weighted by Crippen LogP contribution is -2.37. The van der Waals surface area contributed by atoms with Gasteiger partial charge in [0.1, 0.15) is 7.11 Å². The lowest BCUT2D eigenvalue weighted by atomic mass is 10.0. The Hall–Kier alpha value is -3.97. The molecule has 1 aliphatic heterocycles. The Labute approximate surface area is 211 Å². The number of nitrogens with one attached hydrogen (secondary N) is 1. The van der Waals surface area contributed by atoms with Gasteiger partial charge in [-0.25, -0.2) is 0 Å². The number of hydrogen-bond donors (Lipinski definition) is 2. The van der Waals surface area contributed by atoms with Gasteiger partial charge in [0, 0.05) is 31.0 Å². The molecule has 1 saturated heterocycles. The summed E-state index contributed by atoms with van der Waals surface area (Å²) in [6, 6.07) is 26.6. The zero-order chi connectivity index (χ0) is 25.3. The second-order valence-corrected chi connectivity index (χ2v) is 8.84. The van der Waals surface area contributed by atoms with Gasteiger partial charge in [0.2, 0.25) is 5.91 Å². The monoisotopic (exact) mass is 485 g/mol. The van der Waals surface area contributed by atoms with Crippen molar-refractivity contribution in [2.24, 2.45) is 5.16 Å². The predicted molar refractivity (Wildman–Crippen MR) is 139 cm³/mol. The van der Waals surface area contributed by atoms with Crippen molar-refractivity contribution in [1.29, 1.82) is 0 Å². The van der Waals surface area contributed by atoms with Crippen LogP contribution in [-0.4, -0.2) is 53.8 Å². The predicted octanol–water partition coefficient (Wildman–Crippen LogP) is 4.20. The van der Waals surface area contributed by atoms with Crippen molar-refractivity contribution in [1.82, 2.24) is 10.2 Å². The summed E-state index contributed by atoms with van der Waals surface area (Å²) in [6.07, 6.45) is 0.521. The first-order chi connectivity index (χ1) is 17.5. The lowest BCUT2D eigenvalue weighted by Gasteiger charge is -2.24. The molecule has 1 aliphatic rings. The maximum Gasteiger partial charge on any atom is 0.254 e. The van der Waals surface area contributed by atoms with E-state index in [0.717, 1.165) is 22.4 Å². The second kappa shape index (κ2) is 12.1. The fourth-order valence-electron chi connectivity index (χ4n) is 4.45. The van der Waals surface area contributed by atoms with E-state index in [2.05, 4.69) is 10.5 Å². The molecule has 0 radical (unpaired) electrons. The minimum Gasteiger partial charge on any atom is -0.399 e. The Morgan fingerprint density at radius 3 is 2.31 bits per heavy atom. The van der Waals surface area contributed by atoms with E-state index in [1.807, 2.05) is 84.9 Å². The molecule has 36 heavy (non-hydrogen) atoms. The van der Waals surface area contributed by atoms with E-state index in [1.165, 1.54) is 7.11 Å². The van der Waals surface area contributed by atoms with Crippen molar-refractivity contribution in [3.05, 3.63) is 96.1 Å². The third-order valence-electron chi connectivity index (χ3n) is 6.37. The summed E-state index contributed by atoms with van der Waals surface area (Å²) in [5, 5.41) is 17.1. The molecule has 0 spiro atoms. The number of oxime groups is 1. The van der Waals surface area contributed by atoms with Crippen LogP contribution in [0.2, 0.25) is 0 Å². The smallest absolute Gasteiger partial charge is 0.254 e. The number of hydrogen-bond acceptors (Lipinski definition) is 5. The van der Waals surface area contributed by atoms with Crippen molar-refractivity contribution in [2.75, 3.05) is 20.2 Å². The molecule has 0 unspecified atom stereocenters. The number of aliphatic hydroxyl groups is 1. The molecule has 1 fully saturated rings. The van der Waals surface area contributed by atoms with Crippen molar-refractivity contribution < 1.29 is 19.5 Å². The van der Waals surface area contributed by atoms with Crippen LogP contribution >= 0.6 is 0 Å². The summed E-state index contributed by atoms with van der Waals surface area (Å²) in [4.78, 5) is 32.6. The van der Waals surface area contributed by atoms with Crippen molar-refractivity contribution in [2.45, 2.75) is 31.4 Å². The van der Waals surface area contributed by atoms with Crippen LogP contribution in [0.15, 0.2) is 90.1 Å². The van der Waals surface area contributed by atoms with Gasteiger partial charge >= 0.3 is 0 Å². The number of carbonyl (C=O) groups is 2. The summed E-state index contributed by atoms with van der Waals surface area (Å²) in [5.41, 5.74) is 4.25. The van der Waals surface area contributed by atoms with E-state index < -0.39 is 6.10 Å². The van der Waals surface area contributed by atoms with Gasteiger partial charge in [-0.15, -0.1) is 0 Å². The molecule has 0 bridgehead atoms. The van der Waals surface area contributed by atoms with Crippen molar-refractivity contribution >= 4 is 17.5 Å². The number of carbonyl (C=O) groups excluding carboxylic acids is 2. The molecular formula is C29H31N3O4. The highest BCUT2D eigenvalue weighted by Gasteiger charge is 2.34. The second-order valence-electron chi connectivity index (χ2n) is 8.84. The van der Waals surface area contributed by atoms with Crippen LogP contribution in [0.5, 0.6) is 0 Å². The van der Waals surface area contributed by atoms with Gasteiger partial charge in [0.25, 0.3) is 5.91 Å². The van der Waals surface area contributed by atoms with E-state index in [-0.39, 0.29) is 30.8 Å². The molecule has 7 nitrogen and oxygen atoms in total. The Balaban J connectivity index is 1.37. The number of rotatable bonds is 9. The minimum absolute atomic E-state index is 0.0965. The Bertz CT molecular complexity index is 1180. The molecule has 3 aromatic rings. The molecule has 2 atom stereocenters. The Morgan fingerprint density at radius 2 is 1.64 bits per heavy atom. The summed E-state index contributed by atoms with van der Waals surface area (Å²) >= 11 is 0. The van der Waals surface area contributed by atoms with Crippen LogP contribution < -0.4 is 5.32 Å². The zero-order valence-electron chi connectivity index (χ0n) is 20.3. The van der Waals surface area contributed by atoms with E-state index >= 15 is 0 Å². The summed E-state index contributed by atoms with van der Waals surface area (Å²) < 4.78 is 0. The molecule has 4 rings (SSSR count). The molecule has 3 aromatic carbocycles. The molecule has 0 saturated carbocycles. The average Bonchev–Trinajstić information content (AvgIpc) is 3.34. The standard InChI is InChI=1S/C29H31N3O4/c1-36-31-25-18-26(16-17-28(34)30-19-27(33)23-10-6-3-7-11-23)32(20-25)29(35)24-14-12-22(13-15-24)21-8-4-2-5-9-21/h2-15,26-27,33H,16-20H2,1H3,(H,30,34)/b31-25-/t26-,27-/m1/s1. The fraction of sp³-hybridized carbons (Fsp3) is 0.276. The van der Waals surface area contributed by atoms with Crippen LogP contribution in [-0.2, 0) is 9.63 Å². The van der Waals surface area contributed by atoms with Gasteiger partial charge in [-0.2, -0.15) is 0 Å². The molecule has 7 heteroatoms. The van der Waals surface area contributed by atoms with E-state index in [1.54, 1.807) is 4.90 Å². The summed E-state index contributed by atoms with van der Waals surface area (Å²) in [7, 11) is 1.49. The normalized spacial score (nSPS) is 17.1. The highest BCUT2D eigenvalue weighted by Crippen LogP contribution is 2.25. The maximum atomic E-state index is 13.4. The lowest BCUT2D eigenvalue weighted by molar-refractivity contribution is -0.121. The fourth-order valence-corrected chi connectivity index (χ4v) is 4.45. The molecular weight excluding hydrogens is 454 g/mol. The topological polar surface area (TPSA) is 91.2 Å².